The zero-order valence-corrected chi connectivity index (χ0v) is 17.3. The highest BCUT2D eigenvalue weighted by Crippen LogP contribution is 2.60. The monoisotopic (exact) mass is 466 g/mol. The highest BCUT2D eigenvalue weighted by atomic mass is 127. The summed E-state index contributed by atoms with van der Waals surface area (Å²) < 4.78 is 16.8. The maximum absolute atomic E-state index is 12.4. The molecule has 25 heavy (non-hydrogen) atoms. The number of fused-ring (bicyclic) bond motifs is 1. The van der Waals surface area contributed by atoms with Gasteiger partial charge >= 0.3 is 11.9 Å². The van der Waals surface area contributed by atoms with Crippen molar-refractivity contribution in [2.24, 2.45) is 23.7 Å². The minimum absolute atomic E-state index is 0.0114. The minimum Gasteiger partial charge on any atom is -0.458 e. The molecule has 3 fully saturated rings. The van der Waals surface area contributed by atoms with E-state index in [0.717, 1.165) is 19.3 Å². The van der Waals surface area contributed by atoms with Crippen LogP contribution in [0.2, 0.25) is 0 Å². The Morgan fingerprint density at radius 2 is 2.08 bits per heavy atom. The lowest BCUT2D eigenvalue weighted by Gasteiger charge is -2.36. The second kappa shape index (κ2) is 6.96. The van der Waals surface area contributed by atoms with Gasteiger partial charge in [0, 0.05) is 17.8 Å². The third-order valence-electron chi connectivity index (χ3n) is 5.46. The van der Waals surface area contributed by atoms with Crippen molar-refractivity contribution >= 4 is 34.5 Å². The van der Waals surface area contributed by atoms with Crippen LogP contribution in [0.15, 0.2) is 0 Å². The second-order valence-electron chi connectivity index (χ2n) is 8.35. The number of aliphatic hydroxyl groups excluding tert-OH is 1. The summed E-state index contributed by atoms with van der Waals surface area (Å²) in [6.07, 6.45) is 0.479. The van der Waals surface area contributed by atoms with Gasteiger partial charge in [0.15, 0.2) is 6.29 Å². The molecule has 8 unspecified atom stereocenters. The van der Waals surface area contributed by atoms with Gasteiger partial charge in [-0.05, 0) is 33.6 Å². The van der Waals surface area contributed by atoms with Crippen molar-refractivity contribution in [1.29, 1.82) is 0 Å². The van der Waals surface area contributed by atoms with Crippen molar-refractivity contribution in [2.45, 2.75) is 75.0 Å². The highest BCUT2D eigenvalue weighted by molar-refractivity contribution is 14.1. The summed E-state index contributed by atoms with van der Waals surface area (Å²) in [6.45, 7) is 7.61. The van der Waals surface area contributed by atoms with Gasteiger partial charge in [0.25, 0.3) is 0 Å². The summed E-state index contributed by atoms with van der Waals surface area (Å²) in [5, 5.41) is 10.6. The van der Waals surface area contributed by atoms with E-state index in [9.17, 15) is 14.7 Å². The van der Waals surface area contributed by atoms with E-state index in [1.807, 2.05) is 27.7 Å². The number of hydrogen-bond donors (Lipinski definition) is 1. The van der Waals surface area contributed by atoms with Gasteiger partial charge in [0.2, 0.25) is 0 Å². The lowest BCUT2D eigenvalue weighted by atomic mass is 9.78. The number of hydrogen-bond acceptors (Lipinski definition) is 6. The van der Waals surface area contributed by atoms with E-state index in [1.165, 1.54) is 0 Å². The van der Waals surface area contributed by atoms with E-state index in [4.69, 9.17) is 14.2 Å². The molecule has 3 aliphatic rings. The number of esters is 2. The smallest absolute Gasteiger partial charge is 0.319 e. The van der Waals surface area contributed by atoms with Crippen molar-refractivity contribution < 1.29 is 28.9 Å². The van der Waals surface area contributed by atoms with E-state index in [0.29, 0.717) is 0 Å². The number of alkyl halides is 1. The van der Waals surface area contributed by atoms with Crippen molar-refractivity contribution in [2.75, 3.05) is 0 Å². The molecule has 8 atom stereocenters. The Morgan fingerprint density at radius 1 is 1.40 bits per heavy atom. The van der Waals surface area contributed by atoms with Crippen LogP contribution >= 0.6 is 22.6 Å². The van der Waals surface area contributed by atoms with Crippen LogP contribution in [0.5, 0.6) is 0 Å². The molecule has 0 aromatic rings. The molecular weight excluding hydrogens is 439 g/mol. The summed E-state index contributed by atoms with van der Waals surface area (Å²) in [7, 11) is 0. The Hall–Kier alpha value is -0.410. The molecule has 142 valence electrons. The van der Waals surface area contributed by atoms with Gasteiger partial charge in [-0.3, -0.25) is 9.59 Å². The zero-order chi connectivity index (χ0) is 18.5. The molecule has 1 heterocycles. The molecule has 0 aromatic heterocycles. The first-order valence-corrected chi connectivity index (χ1v) is 10.3. The molecule has 0 amide bonds. The Kier molecular flexibility index (Phi) is 5.39. The number of carbonyl (C=O) groups is 2. The van der Waals surface area contributed by atoms with E-state index >= 15 is 0 Å². The minimum atomic E-state index is -1.07. The van der Waals surface area contributed by atoms with E-state index in [1.54, 1.807) is 0 Å². The summed E-state index contributed by atoms with van der Waals surface area (Å²) in [4.78, 5) is 24.7. The molecule has 7 heteroatoms. The van der Waals surface area contributed by atoms with Crippen LogP contribution in [0, 0.1) is 23.7 Å². The van der Waals surface area contributed by atoms with Gasteiger partial charge in [0.1, 0.15) is 16.1 Å². The summed E-state index contributed by atoms with van der Waals surface area (Å²) in [6, 6.07) is 0. The van der Waals surface area contributed by atoms with Crippen molar-refractivity contribution in [3.05, 3.63) is 0 Å². The van der Waals surface area contributed by atoms with E-state index in [-0.39, 0.29) is 45.6 Å². The van der Waals surface area contributed by atoms with E-state index < -0.39 is 18.0 Å². The molecule has 0 aromatic carbocycles. The molecule has 0 radical (unpaired) electrons. The lowest BCUT2D eigenvalue weighted by Crippen LogP contribution is -2.47. The number of carbonyl (C=O) groups excluding carboxylic acids is 2. The fourth-order valence-corrected chi connectivity index (χ4v) is 5.38. The number of ether oxygens (including phenoxy) is 3. The molecule has 0 spiro atoms. The van der Waals surface area contributed by atoms with Crippen LogP contribution < -0.4 is 0 Å². The predicted molar refractivity (Wildman–Crippen MR) is 97.9 cm³/mol. The van der Waals surface area contributed by atoms with Crippen LogP contribution in [-0.2, 0) is 23.8 Å². The first-order chi connectivity index (χ1) is 11.6. The lowest BCUT2D eigenvalue weighted by molar-refractivity contribution is -0.215. The Labute approximate surface area is 162 Å². The number of rotatable bonds is 6. The topological polar surface area (TPSA) is 82.1 Å². The second-order valence-corrected chi connectivity index (χ2v) is 9.85. The third-order valence-corrected chi connectivity index (χ3v) is 6.59. The van der Waals surface area contributed by atoms with Crippen LogP contribution in [0.4, 0.5) is 0 Å². The molecular formula is C18H27IO6. The molecule has 6 nitrogen and oxygen atoms in total. The molecule has 2 bridgehead atoms. The molecule has 2 aliphatic carbocycles. The Bertz CT molecular complexity index is 544. The van der Waals surface area contributed by atoms with Crippen LogP contribution in [0.1, 0.15) is 47.0 Å². The van der Waals surface area contributed by atoms with Gasteiger partial charge in [0.05, 0.1) is 11.5 Å². The number of halogens is 1. The largest absolute Gasteiger partial charge is 0.458 e. The normalized spacial score (nSPS) is 38.6. The SMILES string of the molecule is CCCC(I)C(=O)OC1C2CC3C1OC(=O)C3C2C(O)OC(C)(C)C. The Balaban J connectivity index is 1.76. The molecule has 2 saturated carbocycles. The highest BCUT2D eigenvalue weighted by Gasteiger charge is 2.69. The van der Waals surface area contributed by atoms with Crippen molar-refractivity contribution in [3.63, 3.8) is 0 Å². The third kappa shape index (κ3) is 3.56. The van der Waals surface area contributed by atoms with Gasteiger partial charge < -0.3 is 19.3 Å². The average Bonchev–Trinajstić information content (AvgIpc) is 3.08. The zero-order valence-electron chi connectivity index (χ0n) is 15.1. The van der Waals surface area contributed by atoms with Crippen LogP contribution in [0.25, 0.3) is 0 Å². The van der Waals surface area contributed by atoms with Crippen LogP contribution in [0.3, 0.4) is 0 Å². The quantitative estimate of drug-likeness (QED) is 0.280. The summed E-state index contributed by atoms with van der Waals surface area (Å²) in [5.74, 6) is -1.38. The fourth-order valence-electron chi connectivity index (χ4n) is 4.61. The fraction of sp³-hybridized carbons (Fsp3) is 0.889. The average molecular weight is 466 g/mol. The number of aliphatic hydroxyl groups is 1. The maximum atomic E-state index is 12.4. The predicted octanol–water partition coefficient (Wildman–Crippen LogP) is 2.44. The molecule has 3 rings (SSSR count). The Morgan fingerprint density at radius 3 is 2.68 bits per heavy atom. The van der Waals surface area contributed by atoms with Gasteiger partial charge in [-0.2, -0.15) is 0 Å². The summed E-state index contributed by atoms with van der Waals surface area (Å²) >= 11 is 2.10. The van der Waals surface area contributed by atoms with Crippen LogP contribution in [-0.4, -0.2) is 45.1 Å². The first kappa shape index (κ1) is 19.4. The summed E-state index contributed by atoms with van der Waals surface area (Å²) in [5.41, 5.74) is -0.524. The molecule has 1 saturated heterocycles. The van der Waals surface area contributed by atoms with Gasteiger partial charge in [-0.15, -0.1) is 0 Å². The van der Waals surface area contributed by atoms with Crippen molar-refractivity contribution in [3.8, 4) is 0 Å². The van der Waals surface area contributed by atoms with E-state index in [2.05, 4.69) is 22.6 Å². The van der Waals surface area contributed by atoms with Gasteiger partial charge in [-0.25, -0.2) is 0 Å². The standard InChI is InChI=1S/C18H27IO6/c1-5-6-10(19)15(20)23-13-9-7-8-11(16(21)24-14(8)13)12(9)17(22)25-18(2,3)4/h8-14,17,22H,5-7H2,1-4H3. The maximum Gasteiger partial charge on any atom is 0.319 e. The van der Waals surface area contributed by atoms with Crippen molar-refractivity contribution in [1.82, 2.24) is 0 Å². The first-order valence-electron chi connectivity index (χ1n) is 9.05. The molecule has 1 N–H and O–H groups in total. The van der Waals surface area contributed by atoms with Gasteiger partial charge in [-0.1, -0.05) is 35.9 Å². The molecule has 1 aliphatic heterocycles.